The molecule has 1 aliphatic rings. The van der Waals surface area contributed by atoms with Gasteiger partial charge < -0.3 is 9.73 Å². The van der Waals surface area contributed by atoms with Crippen molar-refractivity contribution in [2.75, 3.05) is 6.54 Å². The van der Waals surface area contributed by atoms with Gasteiger partial charge in [-0.3, -0.25) is 0 Å². The molecule has 0 unspecified atom stereocenters. The van der Waals surface area contributed by atoms with Crippen molar-refractivity contribution in [2.45, 2.75) is 45.6 Å². The molecular weight excluding hydrogens is 258 g/mol. The molecular formula is C14H19N3OS. The van der Waals surface area contributed by atoms with Crippen LogP contribution in [0, 0.1) is 0 Å². The molecule has 4 nitrogen and oxygen atoms in total. The Morgan fingerprint density at radius 2 is 2.26 bits per heavy atom. The zero-order valence-electron chi connectivity index (χ0n) is 11.4. The van der Waals surface area contributed by atoms with E-state index in [1.807, 2.05) is 0 Å². The van der Waals surface area contributed by atoms with Crippen LogP contribution in [0.4, 0.5) is 0 Å². The first-order valence-electron chi connectivity index (χ1n) is 6.90. The minimum atomic E-state index is 0.489. The van der Waals surface area contributed by atoms with Crippen LogP contribution in [-0.2, 0) is 19.3 Å². The predicted molar refractivity (Wildman–Crippen MR) is 76.5 cm³/mol. The molecule has 1 N–H and O–H groups in total. The third kappa shape index (κ3) is 2.87. The standard InChI is InChI=1S/C14H19N3OS/c1-9(2)15-7-6-13-16-17-14(18-13)12-8-10-4-3-5-11(10)19-12/h8-9,15H,3-7H2,1-2H3. The van der Waals surface area contributed by atoms with E-state index in [0.29, 0.717) is 11.9 Å². The van der Waals surface area contributed by atoms with Gasteiger partial charge in [-0.15, -0.1) is 21.5 Å². The van der Waals surface area contributed by atoms with E-state index < -0.39 is 0 Å². The quantitative estimate of drug-likeness (QED) is 0.913. The van der Waals surface area contributed by atoms with E-state index in [9.17, 15) is 0 Å². The fourth-order valence-electron chi connectivity index (χ4n) is 2.36. The lowest BCUT2D eigenvalue weighted by Crippen LogP contribution is -2.25. The van der Waals surface area contributed by atoms with Crippen LogP contribution < -0.4 is 5.32 Å². The number of thiophene rings is 1. The molecule has 1 aliphatic carbocycles. The van der Waals surface area contributed by atoms with Crippen molar-refractivity contribution >= 4 is 11.3 Å². The van der Waals surface area contributed by atoms with Gasteiger partial charge in [0.15, 0.2) is 0 Å². The molecule has 0 atom stereocenters. The van der Waals surface area contributed by atoms with Gasteiger partial charge in [0.05, 0.1) is 4.88 Å². The number of aryl methyl sites for hydroxylation is 2. The third-order valence-electron chi connectivity index (χ3n) is 3.32. The van der Waals surface area contributed by atoms with Crippen molar-refractivity contribution in [3.8, 4) is 10.8 Å². The van der Waals surface area contributed by atoms with Crippen molar-refractivity contribution in [1.29, 1.82) is 0 Å². The Labute approximate surface area is 117 Å². The van der Waals surface area contributed by atoms with Crippen molar-refractivity contribution < 1.29 is 4.42 Å². The van der Waals surface area contributed by atoms with E-state index in [4.69, 9.17) is 4.42 Å². The molecule has 0 aliphatic heterocycles. The molecule has 0 aromatic carbocycles. The zero-order chi connectivity index (χ0) is 13.2. The summed E-state index contributed by atoms with van der Waals surface area (Å²) in [6, 6.07) is 2.71. The lowest BCUT2D eigenvalue weighted by molar-refractivity contribution is 0.485. The zero-order valence-corrected chi connectivity index (χ0v) is 12.2. The summed E-state index contributed by atoms with van der Waals surface area (Å²) in [7, 11) is 0. The van der Waals surface area contributed by atoms with E-state index in [1.54, 1.807) is 11.3 Å². The van der Waals surface area contributed by atoms with Crippen LogP contribution >= 0.6 is 11.3 Å². The number of nitrogens with zero attached hydrogens (tertiary/aromatic N) is 2. The summed E-state index contributed by atoms with van der Waals surface area (Å²) >= 11 is 1.81. The number of rotatable bonds is 5. The fraction of sp³-hybridized carbons (Fsp3) is 0.571. The first-order valence-corrected chi connectivity index (χ1v) is 7.72. The highest BCUT2D eigenvalue weighted by molar-refractivity contribution is 7.15. The van der Waals surface area contributed by atoms with Gasteiger partial charge in [0.1, 0.15) is 0 Å². The number of hydrogen-bond donors (Lipinski definition) is 1. The fourth-order valence-corrected chi connectivity index (χ4v) is 3.53. The van der Waals surface area contributed by atoms with Gasteiger partial charge in [-0.25, -0.2) is 0 Å². The highest BCUT2D eigenvalue weighted by atomic mass is 32.1. The largest absolute Gasteiger partial charge is 0.420 e. The predicted octanol–water partition coefficient (Wildman–Crippen LogP) is 2.83. The second-order valence-corrected chi connectivity index (χ2v) is 6.41. The van der Waals surface area contributed by atoms with Gasteiger partial charge in [-0.05, 0) is 30.9 Å². The number of nitrogens with one attached hydrogen (secondary N) is 1. The molecule has 2 heterocycles. The van der Waals surface area contributed by atoms with Crippen molar-refractivity contribution in [3.05, 3.63) is 22.4 Å². The summed E-state index contributed by atoms with van der Waals surface area (Å²) in [5.41, 5.74) is 1.47. The van der Waals surface area contributed by atoms with Crippen LogP contribution in [-0.4, -0.2) is 22.8 Å². The number of aromatic nitrogens is 2. The van der Waals surface area contributed by atoms with E-state index in [1.165, 1.54) is 29.7 Å². The van der Waals surface area contributed by atoms with E-state index >= 15 is 0 Å². The average Bonchev–Trinajstić information content (AvgIpc) is 3.01. The third-order valence-corrected chi connectivity index (χ3v) is 4.54. The Hall–Kier alpha value is -1.20. The van der Waals surface area contributed by atoms with E-state index in [0.717, 1.165) is 23.7 Å². The maximum atomic E-state index is 5.74. The normalized spacial score (nSPS) is 14.3. The average molecular weight is 277 g/mol. The lowest BCUT2D eigenvalue weighted by Gasteiger charge is -2.04. The second-order valence-electron chi connectivity index (χ2n) is 5.27. The molecule has 19 heavy (non-hydrogen) atoms. The summed E-state index contributed by atoms with van der Waals surface area (Å²) < 4.78 is 5.74. The molecule has 102 valence electrons. The first-order chi connectivity index (χ1) is 9.22. The molecule has 2 aromatic rings. The van der Waals surface area contributed by atoms with Gasteiger partial charge in [0.25, 0.3) is 5.89 Å². The molecule has 0 radical (unpaired) electrons. The Morgan fingerprint density at radius 1 is 1.37 bits per heavy atom. The molecule has 0 spiro atoms. The summed E-state index contributed by atoms with van der Waals surface area (Å²) in [5, 5.41) is 11.6. The highest BCUT2D eigenvalue weighted by Gasteiger charge is 2.18. The Bertz CT molecular complexity index is 537. The summed E-state index contributed by atoms with van der Waals surface area (Å²) in [5.74, 6) is 1.40. The van der Waals surface area contributed by atoms with Gasteiger partial charge in [0, 0.05) is 23.9 Å². The summed E-state index contributed by atoms with van der Waals surface area (Å²) in [4.78, 5) is 2.62. The molecule has 2 aromatic heterocycles. The maximum absolute atomic E-state index is 5.74. The second kappa shape index (κ2) is 5.43. The van der Waals surface area contributed by atoms with Crippen molar-refractivity contribution in [2.24, 2.45) is 0 Å². The Balaban J connectivity index is 1.66. The molecule has 3 rings (SSSR count). The van der Waals surface area contributed by atoms with Gasteiger partial charge in [-0.2, -0.15) is 0 Å². The lowest BCUT2D eigenvalue weighted by atomic mass is 10.2. The minimum absolute atomic E-state index is 0.489. The van der Waals surface area contributed by atoms with Gasteiger partial charge in [0.2, 0.25) is 5.89 Å². The van der Waals surface area contributed by atoms with E-state index in [2.05, 4.69) is 35.4 Å². The van der Waals surface area contributed by atoms with Crippen LogP contribution in [0.25, 0.3) is 10.8 Å². The molecule has 0 saturated carbocycles. The molecule has 0 saturated heterocycles. The van der Waals surface area contributed by atoms with Crippen molar-refractivity contribution in [3.63, 3.8) is 0 Å². The highest BCUT2D eigenvalue weighted by Crippen LogP contribution is 2.35. The molecule has 0 fully saturated rings. The smallest absolute Gasteiger partial charge is 0.257 e. The van der Waals surface area contributed by atoms with Gasteiger partial charge in [-0.1, -0.05) is 13.8 Å². The van der Waals surface area contributed by atoms with Crippen LogP contribution in [0.1, 0.15) is 36.6 Å². The number of hydrogen-bond acceptors (Lipinski definition) is 5. The number of fused-ring (bicyclic) bond motifs is 1. The summed E-state index contributed by atoms with van der Waals surface area (Å²) in [6.45, 7) is 5.14. The van der Waals surface area contributed by atoms with Gasteiger partial charge >= 0.3 is 0 Å². The monoisotopic (exact) mass is 277 g/mol. The molecule has 0 amide bonds. The Kier molecular flexibility index (Phi) is 3.66. The van der Waals surface area contributed by atoms with Crippen LogP contribution in [0.5, 0.6) is 0 Å². The van der Waals surface area contributed by atoms with Crippen molar-refractivity contribution in [1.82, 2.24) is 15.5 Å². The SMILES string of the molecule is CC(C)NCCc1nnc(-c2cc3c(s2)CCC3)o1. The van der Waals surface area contributed by atoms with Crippen LogP contribution in [0.3, 0.4) is 0 Å². The topological polar surface area (TPSA) is 51.0 Å². The van der Waals surface area contributed by atoms with E-state index in [-0.39, 0.29) is 0 Å². The first kappa shape index (κ1) is 12.8. The van der Waals surface area contributed by atoms with Crippen LogP contribution in [0.2, 0.25) is 0 Å². The minimum Gasteiger partial charge on any atom is -0.420 e. The summed E-state index contributed by atoms with van der Waals surface area (Å²) in [6.07, 6.45) is 4.48. The maximum Gasteiger partial charge on any atom is 0.257 e. The molecule has 5 heteroatoms. The Morgan fingerprint density at radius 3 is 3.05 bits per heavy atom. The van der Waals surface area contributed by atoms with Crippen LogP contribution in [0.15, 0.2) is 10.5 Å². The molecule has 0 bridgehead atoms.